The third-order valence-electron chi connectivity index (χ3n) is 2.78. The van der Waals surface area contributed by atoms with E-state index in [1.165, 1.54) is 0 Å². The normalized spacial score (nSPS) is 10.9. The topological polar surface area (TPSA) is 38.9 Å². The molecule has 0 amide bonds. The van der Waals surface area contributed by atoms with Crippen molar-refractivity contribution >= 4 is 22.6 Å². The number of pyridine rings is 1. The molecule has 0 N–H and O–H groups in total. The van der Waals surface area contributed by atoms with Gasteiger partial charge in [-0.15, -0.1) is 0 Å². The second kappa shape index (κ2) is 3.86. The van der Waals surface area contributed by atoms with Gasteiger partial charge in [0.25, 0.3) is 0 Å². The van der Waals surface area contributed by atoms with E-state index in [1.54, 1.807) is 6.20 Å². The van der Waals surface area contributed by atoms with Crippen LogP contribution in [-0.2, 0) is 0 Å². The maximum Gasteiger partial charge on any atom is 0.180 e. The van der Waals surface area contributed by atoms with Crippen LogP contribution in [-0.4, -0.2) is 10.1 Å². The predicted molar refractivity (Wildman–Crippen MR) is 67.0 cm³/mol. The average molecular weight is 245 g/mol. The van der Waals surface area contributed by atoms with Gasteiger partial charge in [0.2, 0.25) is 0 Å². The van der Waals surface area contributed by atoms with Crippen molar-refractivity contribution in [3.05, 3.63) is 47.4 Å². The van der Waals surface area contributed by atoms with Crippen molar-refractivity contribution < 1.29 is 4.52 Å². The molecule has 0 atom stereocenters. The highest BCUT2D eigenvalue weighted by Crippen LogP contribution is 2.33. The van der Waals surface area contributed by atoms with Crippen LogP contribution in [0.3, 0.4) is 0 Å². The fraction of sp³-hybridized carbons (Fsp3) is 0.0769. The van der Waals surface area contributed by atoms with Crippen LogP contribution >= 0.6 is 11.6 Å². The summed E-state index contributed by atoms with van der Waals surface area (Å²) < 4.78 is 5.28. The van der Waals surface area contributed by atoms with Gasteiger partial charge < -0.3 is 4.52 Å². The second-order valence-corrected chi connectivity index (χ2v) is 4.20. The molecule has 0 fully saturated rings. The molecule has 0 aliphatic heterocycles. The zero-order valence-corrected chi connectivity index (χ0v) is 9.90. The van der Waals surface area contributed by atoms with Crippen molar-refractivity contribution in [3.63, 3.8) is 0 Å². The maximum atomic E-state index is 5.95. The Kier molecular flexibility index (Phi) is 2.34. The zero-order chi connectivity index (χ0) is 11.8. The molecule has 17 heavy (non-hydrogen) atoms. The van der Waals surface area contributed by atoms with E-state index in [1.807, 2.05) is 37.4 Å². The van der Waals surface area contributed by atoms with Gasteiger partial charge in [-0.3, -0.25) is 4.98 Å². The number of rotatable bonds is 1. The SMILES string of the molecule is Cc1ccncc1-c1cccc2c(Cl)noc12. The lowest BCUT2D eigenvalue weighted by Gasteiger charge is -2.04. The summed E-state index contributed by atoms with van der Waals surface area (Å²) in [6.07, 6.45) is 3.59. The highest BCUT2D eigenvalue weighted by molar-refractivity contribution is 6.34. The van der Waals surface area contributed by atoms with E-state index in [9.17, 15) is 0 Å². The Morgan fingerprint density at radius 1 is 1.18 bits per heavy atom. The minimum Gasteiger partial charge on any atom is -0.354 e. The second-order valence-electron chi connectivity index (χ2n) is 3.85. The number of aryl methyl sites for hydroxylation is 1. The van der Waals surface area contributed by atoms with Gasteiger partial charge in [-0.2, -0.15) is 0 Å². The van der Waals surface area contributed by atoms with E-state index >= 15 is 0 Å². The van der Waals surface area contributed by atoms with E-state index in [-0.39, 0.29) is 0 Å². The van der Waals surface area contributed by atoms with Gasteiger partial charge in [0.05, 0.1) is 5.39 Å². The number of halogens is 1. The number of para-hydroxylation sites is 1. The average Bonchev–Trinajstić information content (AvgIpc) is 2.72. The van der Waals surface area contributed by atoms with Crippen molar-refractivity contribution in [2.45, 2.75) is 6.92 Å². The highest BCUT2D eigenvalue weighted by Gasteiger charge is 2.12. The first-order valence-electron chi connectivity index (χ1n) is 5.22. The fourth-order valence-electron chi connectivity index (χ4n) is 1.89. The smallest absolute Gasteiger partial charge is 0.180 e. The molecule has 3 aromatic rings. The van der Waals surface area contributed by atoms with Crippen LogP contribution in [0.15, 0.2) is 41.2 Å². The lowest BCUT2D eigenvalue weighted by atomic mass is 10.0. The van der Waals surface area contributed by atoms with Gasteiger partial charge in [0.1, 0.15) is 0 Å². The largest absolute Gasteiger partial charge is 0.354 e. The fourth-order valence-corrected chi connectivity index (χ4v) is 2.07. The first-order valence-corrected chi connectivity index (χ1v) is 5.60. The van der Waals surface area contributed by atoms with Crippen LogP contribution < -0.4 is 0 Å². The third kappa shape index (κ3) is 1.59. The number of fused-ring (bicyclic) bond motifs is 1. The number of nitrogens with zero attached hydrogens (tertiary/aromatic N) is 2. The van der Waals surface area contributed by atoms with E-state index in [2.05, 4.69) is 10.1 Å². The number of hydrogen-bond acceptors (Lipinski definition) is 3. The van der Waals surface area contributed by atoms with Crippen molar-refractivity contribution in [3.8, 4) is 11.1 Å². The Balaban J connectivity index is 2.35. The van der Waals surface area contributed by atoms with Crippen LogP contribution in [0.4, 0.5) is 0 Å². The van der Waals surface area contributed by atoms with Crippen LogP contribution in [0.1, 0.15) is 5.56 Å². The van der Waals surface area contributed by atoms with Gasteiger partial charge in [-0.1, -0.05) is 28.9 Å². The van der Waals surface area contributed by atoms with Gasteiger partial charge >= 0.3 is 0 Å². The summed E-state index contributed by atoms with van der Waals surface area (Å²) in [5.41, 5.74) is 3.84. The van der Waals surface area contributed by atoms with Crippen LogP contribution in [0.2, 0.25) is 5.15 Å². The van der Waals surface area contributed by atoms with Crippen molar-refractivity contribution in [2.75, 3.05) is 0 Å². The molecule has 0 spiro atoms. The zero-order valence-electron chi connectivity index (χ0n) is 9.14. The molecular weight excluding hydrogens is 236 g/mol. The van der Waals surface area contributed by atoms with Crippen LogP contribution in [0.5, 0.6) is 0 Å². The Morgan fingerprint density at radius 2 is 2.06 bits per heavy atom. The van der Waals surface area contributed by atoms with Gasteiger partial charge in [-0.25, -0.2) is 0 Å². The highest BCUT2D eigenvalue weighted by atomic mass is 35.5. The molecule has 0 bridgehead atoms. The Bertz CT molecular complexity index is 691. The molecule has 4 heteroatoms. The quantitative estimate of drug-likeness (QED) is 0.653. The summed E-state index contributed by atoms with van der Waals surface area (Å²) in [6, 6.07) is 7.77. The van der Waals surface area contributed by atoms with Gasteiger partial charge in [0.15, 0.2) is 10.7 Å². The molecule has 3 nitrogen and oxygen atoms in total. The molecule has 2 heterocycles. The Morgan fingerprint density at radius 3 is 2.88 bits per heavy atom. The number of aromatic nitrogens is 2. The molecule has 2 aromatic heterocycles. The Labute approximate surface area is 103 Å². The summed E-state index contributed by atoms with van der Waals surface area (Å²) in [7, 11) is 0. The van der Waals surface area contributed by atoms with Crippen molar-refractivity contribution in [2.24, 2.45) is 0 Å². The molecular formula is C13H9ClN2O. The molecule has 0 saturated carbocycles. The standard InChI is InChI=1S/C13H9ClN2O/c1-8-5-6-15-7-11(8)9-3-2-4-10-12(9)17-16-13(10)14/h2-7H,1H3. The summed E-state index contributed by atoms with van der Waals surface area (Å²) in [6.45, 7) is 2.04. The minimum absolute atomic E-state index is 0.392. The summed E-state index contributed by atoms with van der Waals surface area (Å²) in [5.74, 6) is 0. The van der Waals surface area contributed by atoms with E-state index in [0.29, 0.717) is 10.7 Å². The molecule has 84 valence electrons. The maximum absolute atomic E-state index is 5.95. The third-order valence-corrected chi connectivity index (χ3v) is 3.06. The lowest BCUT2D eigenvalue weighted by Crippen LogP contribution is -1.85. The summed E-state index contributed by atoms with van der Waals surface area (Å²) >= 11 is 5.95. The summed E-state index contributed by atoms with van der Waals surface area (Å²) in [4.78, 5) is 4.14. The lowest BCUT2D eigenvalue weighted by molar-refractivity contribution is 0.457. The molecule has 1 aromatic carbocycles. The monoisotopic (exact) mass is 244 g/mol. The minimum atomic E-state index is 0.392. The molecule has 0 radical (unpaired) electrons. The van der Waals surface area contributed by atoms with E-state index < -0.39 is 0 Å². The van der Waals surface area contributed by atoms with Crippen LogP contribution in [0, 0.1) is 6.92 Å². The first kappa shape index (κ1) is 10.3. The molecule has 0 saturated heterocycles. The predicted octanol–water partition coefficient (Wildman–Crippen LogP) is 3.85. The number of benzene rings is 1. The van der Waals surface area contributed by atoms with E-state index in [0.717, 1.165) is 22.1 Å². The van der Waals surface area contributed by atoms with Crippen molar-refractivity contribution in [1.29, 1.82) is 0 Å². The Hall–Kier alpha value is -1.87. The summed E-state index contributed by atoms with van der Waals surface area (Å²) in [5, 5.41) is 5.00. The van der Waals surface area contributed by atoms with Crippen LogP contribution in [0.25, 0.3) is 22.1 Å². The first-order chi connectivity index (χ1) is 8.27. The molecule has 0 aliphatic carbocycles. The molecule has 0 aliphatic rings. The number of hydrogen-bond donors (Lipinski definition) is 0. The van der Waals surface area contributed by atoms with E-state index in [4.69, 9.17) is 16.1 Å². The van der Waals surface area contributed by atoms with Gasteiger partial charge in [-0.05, 0) is 24.6 Å². The molecule has 3 rings (SSSR count). The van der Waals surface area contributed by atoms with Crippen molar-refractivity contribution in [1.82, 2.24) is 10.1 Å². The molecule has 0 unspecified atom stereocenters. The van der Waals surface area contributed by atoms with Gasteiger partial charge in [0, 0.05) is 23.5 Å².